The number of halogens is 1. The number of benzene rings is 2. The van der Waals surface area contributed by atoms with E-state index in [9.17, 15) is 14.7 Å². The SMILES string of the molecule is Cc1nnc(N2C(=O)C(=O)/C(=C(\O)c3ccc4c(c3)OCCO4)C2c2ccc(Br)cc2)s1. The molecule has 0 bridgehead atoms. The summed E-state index contributed by atoms with van der Waals surface area (Å²) >= 11 is 4.60. The summed E-state index contributed by atoms with van der Waals surface area (Å²) < 4.78 is 12.0. The van der Waals surface area contributed by atoms with Crippen molar-refractivity contribution in [3.8, 4) is 11.5 Å². The summed E-state index contributed by atoms with van der Waals surface area (Å²) in [5.74, 6) is -0.834. The number of nitrogens with zero attached hydrogens (tertiary/aromatic N) is 3. The highest BCUT2D eigenvalue weighted by atomic mass is 79.9. The van der Waals surface area contributed by atoms with Crippen molar-refractivity contribution in [1.82, 2.24) is 10.2 Å². The quantitative estimate of drug-likeness (QED) is 0.320. The Bertz CT molecular complexity index is 1270. The van der Waals surface area contributed by atoms with Crippen LogP contribution >= 0.6 is 27.3 Å². The maximum atomic E-state index is 13.1. The van der Waals surface area contributed by atoms with Crippen LogP contribution in [0.4, 0.5) is 5.13 Å². The van der Waals surface area contributed by atoms with E-state index in [0.29, 0.717) is 46.0 Å². The molecule has 32 heavy (non-hydrogen) atoms. The largest absolute Gasteiger partial charge is 0.507 e. The van der Waals surface area contributed by atoms with Gasteiger partial charge in [-0.3, -0.25) is 14.5 Å². The van der Waals surface area contributed by atoms with Gasteiger partial charge in [-0.15, -0.1) is 10.2 Å². The van der Waals surface area contributed by atoms with Gasteiger partial charge in [-0.2, -0.15) is 0 Å². The number of ketones is 1. The summed E-state index contributed by atoms with van der Waals surface area (Å²) in [5, 5.41) is 20.2. The molecule has 0 aliphatic carbocycles. The van der Waals surface area contributed by atoms with Crippen LogP contribution in [0.15, 0.2) is 52.5 Å². The standard InChI is InChI=1S/C22H16BrN3O5S/c1-11-24-25-22(32-11)26-18(12-2-5-14(23)6-3-12)17(20(28)21(26)29)19(27)13-4-7-15-16(10-13)31-9-8-30-15/h2-7,10,18,27H,8-9H2,1H3/b19-17-. The van der Waals surface area contributed by atoms with Crippen LogP contribution in [0, 0.1) is 6.92 Å². The summed E-state index contributed by atoms with van der Waals surface area (Å²) in [4.78, 5) is 27.5. The van der Waals surface area contributed by atoms with Crippen molar-refractivity contribution in [2.45, 2.75) is 13.0 Å². The number of amides is 1. The molecule has 1 fully saturated rings. The molecule has 1 aromatic heterocycles. The third kappa shape index (κ3) is 3.45. The van der Waals surface area contributed by atoms with Crippen LogP contribution in [0.5, 0.6) is 11.5 Å². The first-order valence-corrected chi connectivity index (χ1v) is 11.3. The second-order valence-corrected chi connectivity index (χ2v) is 9.26. The molecule has 162 valence electrons. The maximum Gasteiger partial charge on any atom is 0.301 e. The molecule has 3 heterocycles. The highest BCUT2D eigenvalue weighted by Crippen LogP contribution is 2.44. The molecular formula is C22H16BrN3O5S. The second-order valence-electron chi connectivity index (χ2n) is 7.18. The monoisotopic (exact) mass is 513 g/mol. The lowest BCUT2D eigenvalue weighted by molar-refractivity contribution is -0.132. The van der Waals surface area contributed by atoms with Crippen LogP contribution in [0.3, 0.4) is 0 Å². The van der Waals surface area contributed by atoms with E-state index in [1.807, 2.05) is 12.1 Å². The van der Waals surface area contributed by atoms with Crippen LogP contribution < -0.4 is 14.4 Å². The Morgan fingerprint density at radius 3 is 2.50 bits per heavy atom. The van der Waals surface area contributed by atoms with Gasteiger partial charge in [0.1, 0.15) is 24.0 Å². The highest BCUT2D eigenvalue weighted by molar-refractivity contribution is 9.10. The Morgan fingerprint density at radius 2 is 1.81 bits per heavy atom. The molecule has 10 heteroatoms. The third-order valence-corrected chi connectivity index (χ3v) is 6.53. The van der Waals surface area contributed by atoms with E-state index in [1.54, 1.807) is 37.3 Å². The van der Waals surface area contributed by atoms with Crippen molar-refractivity contribution in [3.05, 3.63) is 68.6 Å². The van der Waals surface area contributed by atoms with Crippen LogP contribution in [0.1, 0.15) is 22.2 Å². The Hall–Kier alpha value is -3.24. The summed E-state index contributed by atoms with van der Waals surface area (Å²) in [7, 11) is 0. The van der Waals surface area contributed by atoms with Crippen LogP contribution in [-0.4, -0.2) is 40.2 Å². The van der Waals surface area contributed by atoms with E-state index in [-0.39, 0.29) is 11.3 Å². The van der Waals surface area contributed by atoms with Crippen molar-refractivity contribution in [1.29, 1.82) is 0 Å². The number of aromatic nitrogens is 2. The summed E-state index contributed by atoms with van der Waals surface area (Å²) in [6.07, 6.45) is 0. The number of ether oxygens (including phenoxy) is 2. The van der Waals surface area contributed by atoms with Crippen molar-refractivity contribution in [2.75, 3.05) is 18.1 Å². The van der Waals surface area contributed by atoms with E-state index < -0.39 is 17.7 Å². The first kappa shape index (κ1) is 20.7. The maximum absolute atomic E-state index is 13.1. The summed E-state index contributed by atoms with van der Waals surface area (Å²) in [6, 6.07) is 11.2. The number of hydrogen-bond donors (Lipinski definition) is 1. The zero-order chi connectivity index (χ0) is 22.4. The van der Waals surface area contributed by atoms with E-state index in [4.69, 9.17) is 9.47 Å². The van der Waals surface area contributed by atoms with Gasteiger partial charge in [0.2, 0.25) is 5.13 Å². The van der Waals surface area contributed by atoms with E-state index in [2.05, 4.69) is 26.1 Å². The number of aliphatic hydroxyl groups excluding tert-OH is 1. The lowest BCUT2D eigenvalue weighted by Gasteiger charge is -2.23. The fourth-order valence-electron chi connectivity index (χ4n) is 3.72. The van der Waals surface area contributed by atoms with E-state index in [1.165, 1.54) is 16.2 Å². The van der Waals surface area contributed by atoms with Gasteiger partial charge in [-0.25, -0.2) is 0 Å². The number of hydrogen-bond acceptors (Lipinski definition) is 8. The third-order valence-electron chi connectivity index (χ3n) is 5.17. The van der Waals surface area contributed by atoms with Crippen molar-refractivity contribution >= 4 is 49.8 Å². The Labute approximate surface area is 195 Å². The highest BCUT2D eigenvalue weighted by Gasteiger charge is 2.48. The molecule has 0 spiro atoms. The van der Waals surface area contributed by atoms with Crippen LogP contribution in [-0.2, 0) is 9.59 Å². The fourth-order valence-corrected chi connectivity index (χ4v) is 4.70. The first-order valence-electron chi connectivity index (χ1n) is 9.70. The lowest BCUT2D eigenvalue weighted by atomic mass is 9.95. The molecule has 1 amide bonds. The Kier molecular flexibility index (Phi) is 5.18. The molecule has 1 N–H and O–H groups in total. The minimum absolute atomic E-state index is 0.0261. The minimum Gasteiger partial charge on any atom is -0.507 e. The van der Waals surface area contributed by atoms with Crippen LogP contribution in [0.25, 0.3) is 5.76 Å². The van der Waals surface area contributed by atoms with Crippen molar-refractivity contribution in [3.63, 3.8) is 0 Å². The lowest BCUT2D eigenvalue weighted by Crippen LogP contribution is -2.29. The van der Waals surface area contributed by atoms with Gasteiger partial charge in [0, 0.05) is 10.0 Å². The number of Topliss-reactive ketones (excluding diaryl/α,β-unsaturated/α-hetero) is 1. The minimum atomic E-state index is -0.858. The Balaban J connectivity index is 1.69. The van der Waals surface area contributed by atoms with Gasteiger partial charge in [0.15, 0.2) is 11.5 Å². The van der Waals surface area contributed by atoms with Crippen molar-refractivity contribution < 1.29 is 24.2 Å². The number of carbonyl (C=O) groups excluding carboxylic acids is 2. The molecule has 2 aromatic carbocycles. The average Bonchev–Trinajstić information content (AvgIpc) is 3.34. The summed E-state index contributed by atoms with van der Waals surface area (Å²) in [5.41, 5.74) is 0.976. The second kappa shape index (κ2) is 8.03. The Morgan fingerprint density at radius 1 is 1.09 bits per heavy atom. The van der Waals surface area contributed by atoms with Crippen molar-refractivity contribution in [2.24, 2.45) is 0 Å². The first-order chi connectivity index (χ1) is 15.4. The fraction of sp³-hybridized carbons (Fsp3) is 0.182. The van der Waals surface area contributed by atoms with Gasteiger partial charge >= 0.3 is 5.91 Å². The molecule has 2 aliphatic heterocycles. The number of aliphatic hydroxyl groups is 1. The molecule has 0 radical (unpaired) electrons. The van der Waals surface area contributed by atoms with Gasteiger partial charge in [-0.05, 0) is 42.8 Å². The molecular weight excluding hydrogens is 498 g/mol. The van der Waals surface area contributed by atoms with E-state index >= 15 is 0 Å². The van der Waals surface area contributed by atoms with Crippen LogP contribution in [0.2, 0.25) is 0 Å². The summed E-state index contributed by atoms with van der Waals surface area (Å²) in [6.45, 7) is 2.59. The predicted molar refractivity (Wildman–Crippen MR) is 121 cm³/mol. The van der Waals surface area contributed by atoms with Gasteiger partial charge in [0.05, 0.1) is 11.6 Å². The topological polar surface area (TPSA) is 102 Å². The molecule has 1 atom stereocenters. The smallest absolute Gasteiger partial charge is 0.301 e. The zero-order valence-electron chi connectivity index (χ0n) is 16.7. The molecule has 8 nitrogen and oxygen atoms in total. The molecule has 2 aliphatic rings. The van der Waals surface area contributed by atoms with Gasteiger partial charge < -0.3 is 14.6 Å². The van der Waals surface area contributed by atoms with E-state index in [0.717, 1.165) is 4.47 Å². The normalized spacial score (nSPS) is 19.4. The molecule has 3 aromatic rings. The predicted octanol–water partition coefficient (Wildman–Crippen LogP) is 4.01. The number of carbonyl (C=O) groups is 2. The number of anilines is 1. The molecule has 0 saturated carbocycles. The average molecular weight is 514 g/mol. The van der Waals surface area contributed by atoms with Gasteiger partial charge in [-0.1, -0.05) is 39.4 Å². The molecule has 1 saturated heterocycles. The van der Waals surface area contributed by atoms with Gasteiger partial charge in [0.25, 0.3) is 5.78 Å². The number of fused-ring (bicyclic) bond motifs is 1. The molecule has 1 unspecified atom stereocenters. The number of rotatable bonds is 3. The molecule has 5 rings (SSSR count). The number of aryl methyl sites for hydroxylation is 1. The zero-order valence-corrected chi connectivity index (χ0v) is 19.1.